The van der Waals surface area contributed by atoms with E-state index in [2.05, 4.69) is 181 Å². The van der Waals surface area contributed by atoms with Crippen molar-refractivity contribution in [3.05, 3.63) is 176 Å². The lowest BCUT2D eigenvalue weighted by molar-refractivity contribution is 1.29. The number of hydrogen-bond donors (Lipinski definition) is 0. The zero-order valence-corrected chi connectivity index (χ0v) is 25.9. The number of anilines is 3. The molecule has 0 atom stereocenters. The minimum atomic E-state index is 1.12. The van der Waals surface area contributed by atoms with E-state index in [9.17, 15) is 0 Å². The highest BCUT2D eigenvalue weighted by Gasteiger charge is 2.20. The number of rotatable bonds is 5. The molecule has 46 heavy (non-hydrogen) atoms. The van der Waals surface area contributed by atoms with Crippen LogP contribution in [0.3, 0.4) is 0 Å². The summed E-state index contributed by atoms with van der Waals surface area (Å²) >= 11 is 1.88. The molecule has 0 unspecified atom stereocenters. The molecule has 1 nitrogen and oxygen atoms in total. The van der Waals surface area contributed by atoms with Crippen molar-refractivity contribution in [2.75, 3.05) is 4.90 Å². The van der Waals surface area contributed by atoms with Crippen molar-refractivity contribution in [2.45, 2.75) is 0 Å². The van der Waals surface area contributed by atoms with Crippen LogP contribution in [0.2, 0.25) is 0 Å². The highest BCUT2D eigenvalue weighted by atomic mass is 32.1. The van der Waals surface area contributed by atoms with Crippen molar-refractivity contribution in [1.29, 1.82) is 0 Å². The summed E-state index contributed by atoms with van der Waals surface area (Å²) in [6.07, 6.45) is 0. The lowest BCUT2D eigenvalue weighted by Gasteiger charge is -2.28. The van der Waals surface area contributed by atoms with Gasteiger partial charge in [-0.05, 0) is 69.1 Å². The number of nitrogens with zero attached hydrogens (tertiary/aromatic N) is 1. The van der Waals surface area contributed by atoms with Gasteiger partial charge in [0.25, 0.3) is 0 Å². The number of para-hydroxylation sites is 1. The smallest absolute Gasteiger partial charge is 0.0540 e. The first kappa shape index (κ1) is 26.7. The third-order valence-electron chi connectivity index (χ3n) is 9.06. The monoisotopic (exact) mass is 603 g/mol. The fourth-order valence-electron chi connectivity index (χ4n) is 6.87. The van der Waals surface area contributed by atoms with Crippen LogP contribution >= 0.6 is 11.3 Å². The molecule has 0 fully saturated rings. The van der Waals surface area contributed by atoms with Crippen molar-refractivity contribution in [3.8, 4) is 22.3 Å². The van der Waals surface area contributed by atoms with Gasteiger partial charge in [0.15, 0.2) is 0 Å². The van der Waals surface area contributed by atoms with Crippen molar-refractivity contribution in [3.63, 3.8) is 0 Å². The number of hydrogen-bond acceptors (Lipinski definition) is 2. The van der Waals surface area contributed by atoms with Gasteiger partial charge in [0.2, 0.25) is 0 Å². The van der Waals surface area contributed by atoms with Gasteiger partial charge in [-0.1, -0.05) is 140 Å². The first-order valence-corrected chi connectivity index (χ1v) is 16.5. The third kappa shape index (κ3) is 4.46. The van der Waals surface area contributed by atoms with Crippen LogP contribution < -0.4 is 4.90 Å². The molecule has 1 aromatic heterocycles. The maximum atomic E-state index is 2.42. The summed E-state index contributed by atoms with van der Waals surface area (Å²) in [6, 6.07) is 64.0. The van der Waals surface area contributed by atoms with E-state index >= 15 is 0 Å². The molecular formula is C44H29NS. The zero-order valence-electron chi connectivity index (χ0n) is 25.1. The highest BCUT2D eigenvalue weighted by Crippen LogP contribution is 2.46. The first-order valence-electron chi connectivity index (χ1n) is 15.7. The van der Waals surface area contributed by atoms with Crippen LogP contribution in [0.4, 0.5) is 17.1 Å². The predicted molar refractivity (Wildman–Crippen MR) is 200 cm³/mol. The van der Waals surface area contributed by atoms with Crippen LogP contribution in [0, 0.1) is 0 Å². The van der Waals surface area contributed by atoms with E-state index in [1.54, 1.807) is 0 Å². The van der Waals surface area contributed by atoms with E-state index in [0.29, 0.717) is 0 Å². The van der Waals surface area contributed by atoms with Crippen LogP contribution in [0.5, 0.6) is 0 Å². The standard InChI is InChI=1S/C44H29NS/c1-2-13-33-29-35(28-23-30(33)11-1)45(34-26-24-32(25-27-34)37-18-9-14-31-12-3-4-15-36(31)37)42-21-7-5-16-38(42)40-19-10-20-41-39-17-6-8-22-43(39)46-44(40)41/h1-29H. The Kier molecular flexibility index (Phi) is 6.40. The summed E-state index contributed by atoms with van der Waals surface area (Å²) in [5.74, 6) is 0. The average molecular weight is 604 g/mol. The van der Waals surface area contributed by atoms with Gasteiger partial charge in [0.1, 0.15) is 0 Å². The average Bonchev–Trinajstić information content (AvgIpc) is 3.51. The molecule has 0 spiro atoms. The predicted octanol–water partition coefficient (Wildman–Crippen LogP) is 13.2. The molecule has 0 aliphatic rings. The summed E-state index contributed by atoms with van der Waals surface area (Å²) < 4.78 is 2.64. The van der Waals surface area contributed by atoms with Gasteiger partial charge in [-0.15, -0.1) is 11.3 Å². The molecule has 9 rings (SSSR count). The van der Waals surface area contributed by atoms with Gasteiger partial charge in [0, 0.05) is 42.7 Å². The van der Waals surface area contributed by atoms with E-state index in [1.165, 1.54) is 64.0 Å². The molecule has 1 heterocycles. The maximum absolute atomic E-state index is 2.42. The van der Waals surface area contributed by atoms with Gasteiger partial charge in [-0.25, -0.2) is 0 Å². The molecule has 0 aliphatic heterocycles. The fourth-order valence-corrected chi connectivity index (χ4v) is 8.10. The molecule has 0 saturated heterocycles. The highest BCUT2D eigenvalue weighted by molar-refractivity contribution is 7.26. The Morgan fingerprint density at radius 2 is 0.978 bits per heavy atom. The minimum absolute atomic E-state index is 1.12. The largest absolute Gasteiger partial charge is 0.310 e. The van der Waals surface area contributed by atoms with Gasteiger partial charge >= 0.3 is 0 Å². The summed E-state index contributed by atoms with van der Waals surface area (Å²) in [5, 5.41) is 7.61. The first-order chi connectivity index (χ1) is 22.8. The normalized spacial score (nSPS) is 11.5. The van der Waals surface area contributed by atoms with Gasteiger partial charge in [-0.2, -0.15) is 0 Å². The molecule has 0 aliphatic carbocycles. The van der Waals surface area contributed by atoms with Crippen molar-refractivity contribution in [2.24, 2.45) is 0 Å². The summed E-state index contributed by atoms with van der Waals surface area (Å²) in [4.78, 5) is 2.42. The van der Waals surface area contributed by atoms with Crippen LogP contribution in [0.25, 0.3) is 64.0 Å². The lowest BCUT2D eigenvalue weighted by Crippen LogP contribution is -2.11. The molecule has 0 radical (unpaired) electrons. The minimum Gasteiger partial charge on any atom is -0.310 e. The topological polar surface area (TPSA) is 3.24 Å². The summed E-state index contributed by atoms with van der Waals surface area (Å²) in [6.45, 7) is 0. The summed E-state index contributed by atoms with van der Waals surface area (Å²) in [7, 11) is 0. The summed E-state index contributed by atoms with van der Waals surface area (Å²) in [5.41, 5.74) is 8.34. The lowest BCUT2D eigenvalue weighted by atomic mass is 9.97. The van der Waals surface area contributed by atoms with Gasteiger partial charge in [-0.3, -0.25) is 0 Å². The number of thiophene rings is 1. The van der Waals surface area contributed by atoms with Gasteiger partial charge in [0.05, 0.1) is 5.69 Å². The van der Waals surface area contributed by atoms with E-state index in [4.69, 9.17) is 0 Å². The van der Waals surface area contributed by atoms with E-state index < -0.39 is 0 Å². The molecule has 0 bridgehead atoms. The molecule has 0 amide bonds. The Labute approximate surface area is 272 Å². The molecule has 2 heteroatoms. The second-order valence-electron chi connectivity index (χ2n) is 11.7. The Balaban J connectivity index is 1.25. The molecule has 0 N–H and O–H groups in total. The fraction of sp³-hybridized carbons (Fsp3) is 0. The van der Waals surface area contributed by atoms with E-state index in [-0.39, 0.29) is 0 Å². The quantitative estimate of drug-likeness (QED) is 0.189. The SMILES string of the molecule is c1ccc(N(c2ccc(-c3cccc4ccccc34)cc2)c2ccc3ccccc3c2)c(-c2cccc3c2sc2ccccc23)c1. The second-order valence-corrected chi connectivity index (χ2v) is 12.8. The molecule has 9 aromatic rings. The van der Waals surface area contributed by atoms with Gasteiger partial charge < -0.3 is 4.90 Å². The Bertz CT molecular complexity index is 2530. The zero-order chi connectivity index (χ0) is 30.5. The van der Waals surface area contributed by atoms with Crippen molar-refractivity contribution in [1.82, 2.24) is 0 Å². The van der Waals surface area contributed by atoms with E-state index in [1.807, 2.05) is 11.3 Å². The number of benzene rings is 8. The molecular weight excluding hydrogens is 575 g/mol. The number of fused-ring (bicyclic) bond motifs is 5. The Morgan fingerprint density at radius 1 is 0.370 bits per heavy atom. The van der Waals surface area contributed by atoms with Crippen LogP contribution in [0.15, 0.2) is 176 Å². The Hall–Kier alpha value is -5.70. The van der Waals surface area contributed by atoms with Crippen molar-refractivity contribution < 1.29 is 0 Å². The van der Waals surface area contributed by atoms with Crippen molar-refractivity contribution >= 4 is 70.1 Å². The molecule has 0 saturated carbocycles. The molecule has 216 valence electrons. The second kappa shape index (κ2) is 11.0. The molecule has 8 aromatic carbocycles. The van der Waals surface area contributed by atoms with Crippen LogP contribution in [-0.4, -0.2) is 0 Å². The third-order valence-corrected chi connectivity index (χ3v) is 10.3. The van der Waals surface area contributed by atoms with Crippen LogP contribution in [0.1, 0.15) is 0 Å². The van der Waals surface area contributed by atoms with Crippen LogP contribution in [-0.2, 0) is 0 Å². The van der Waals surface area contributed by atoms with E-state index in [0.717, 1.165) is 17.1 Å². The maximum Gasteiger partial charge on any atom is 0.0540 e. The Morgan fingerprint density at radius 3 is 1.87 bits per heavy atom.